The van der Waals surface area contributed by atoms with Crippen LogP contribution in [-0.2, 0) is 36.7 Å². The fraction of sp³-hybridized carbons (Fsp3) is 0.300. The summed E-state index contributed by atoms with van der Waals surface area (Å²) in [5.41, 5.74) is 5.78. The fourth-order valence-electron chi connectivity index (χ4n) is 3.40. The third-order valence-corrected chi connectivity index (χ3v) is 5.25. The highest BCUT2D eigenvalue weighted by molar-refractivity contribution is 7.97. The summed E-state index contributed by atoms with van der Waals surface area (Å²) in [4.78, 5) is 17.2. The molecule has 0 spiro atoms. The third-order valence-electron chi connectivity index (χ3n) is 4.70. The molecule has 0 unspecified atom stereocenters. The first kappa shape index (κ1) is 17.1. The van der Waals surface area contributed by atoms with Crippen molar-refractivity contribution in [1.82, 2.24) is 20.2 Å². The summed E-state index contributed by atoms with van der Waals surface area (Å²) in [6.45, 7) is 2.70. The molecule has 1 aliphatic rings. The van der Waals surface area contributed by atoms with E-state index >= 15 is 0 Å². The molecule has 0 bridgehead atoms. The van der Waals surface area contributed by atoms with Gasteiger partial charge < -0.3 is 15.2 Å². The number of carbonyl (C=O) groups excluding carboxylic acids is 1. The Bertz CT molecular complexity index is 950. The summed E-state index contributed by atoms with van der Waals surface area (Å²) in [7, 11) is 0. The molecule has 1 aromatic heterocycles. The van der Waals surface area contributed by atoms with Crippen molar-refractivity contribution in [3.05, 3.63) is 65.0 Å². The van der Waals surface area contributed by atoms with Crippen LogP contribution < -0.4 is 10.6 Å². The van der Waals surface area contributed by atoms with Crippen LogP contribution in [0.3, 0.4) is 0 Å². The summed E-state index contributed by atoms with van der Waals surface area (Å²) in [6, 6.07) is 14.4. The minimum Gasteiger partial charge on any atom is -0.350 e. The number of hydrogen-bond acceptors (Lipinski definition) is 4. The van der Waals surface area contributed by atoms with Gasteiger partial charge in [-0.15, -0.1) is 0 Å². The number of fused-ring (bicyclic) bond motifs is 2. The average molecular weight is 366 g/mol. The predicted octanol–water partition coefficient (Wildman–Crippen LogP) is 2.82. The monoisotopic (exact) mass is 366 g/mol. The van der Waals surface area contributed by atoms with Crippen LogP contribution in [0.5, 0.6) is 0 Å². The van der Waals surface area contributed by atoms with E-state index in [0.717, 1.165) is 41.3 Å². The third kappa shape index (κ3) is 3.48. The summed E-state index contributed by atoms with van der Waals surface area (Å²) in [5.74, 6) is 1.74. The fourth-order valence-corrected chi connectivity index (χ4v) is 3.88. The van der Waals surface area contributed by atoms with Crippen molar-refractivity contribution in [2.45, 2.75) is 31.9 Å². The van der Waals surface area contributed by atoms with Crippen molar-refractivity contribution in [3.63, 3.8) is 0 Å². The molecule has 0 fully saturated rings. The maximum atomic E-state index is 12.5. The quantitative estimate of drug-likeness (QED) is 0.704. The normalized spacial score (nSPS) is 13.1. The molecule has 1 aliphatic heterocycles. The van der Waals surface area contributed by atoms with Crippen molar-refractivity contribution in [3.8, 4) is 0 Å². The Morgan fingerprint density at radius 2 is 2.08 bits per heavy atom. The predicted molar refractivity (Wildman–Crippen MR) is 106 cm³/mol. The molecule has 0 atom stereocenters. The molecule has 3 aromatic rings. The molecule has 0 saturated heterocycles. The van der Waals surface area contributed by atoms with E-state index in [4.69, 9.17) is 0 Å². The summed E-state index contributed by atoms with van der Waals surface area (Å²) in [6.07, 6.45) is 2.05. The van der Waals surface area contributed by atoms with Gasteiger partial charge in [-0.3, -0.25) is 4.79 Å². The molecular formula is C20H22N4OS. The number of imidazole rings is 1. The highest BCUT2D eigenvalue weighted by Gasteiger charge is 2.14. The Labute approximate surface area is 157 Å². The molecule has 0 aliphatic carbocycles. The van der Waals surface area contributed by atoms with Gasteiger partial charge >= 0.3 is 0 Å². The molecule has 2 heterocycles. The van der Waals surface area contributed by atoms with Gasteiger partial charge in [-0.25, -0.2) is 4.98 Å². The van der Waals surface area contributed by atoms with E-state index in [1.54, 1.807) is 11.8 Å². The van der Waals surface area contributed by atoms with Crippen molar-refractivity contribution in [2.75, 3.05) is 6.26 Å². The van der Waals surface area contributed by atoms with Gasteiger partial charge in [-0.05, 0) is 35.1 Å². The first-order valence-corrected chi connectivity index (χ1v) is 10.1. The Balaban J connectivity index is 1.46. The second-order valence-electron chi connectivity index (χ2n) is 6.52. The topological polar surface area (TPSA) is 59.0 Å². The number of para-hydroxylation sites is 2. The highest BCUT2D eigenvalue weighted by atomic mass is 32.2. The number of amides is 1. The standard InChI is InChI=1S/C20H22N4OS/c1-26-13-19-23-17-4-2-3-5-18(17)24(19)12-20(25)22-9-14-6-7-15-10-21-11-16(15)8-14/h2-8,21H,9-13H2,1H3,(H,22,25). The van der Waals surface area contributed by atoms with Gasteiger partial charge in [0.15, 0.2) is 0 Å². The van der Waals surface area contributed by atoms with Crippen LogP contribution in [0, 0.1) is 0 Å². The van der Waals surface area contributed by atoms with E-state index in [-0.39, 0.29) is 5.91 Å². The van der Waals surface area contributed by atoms with Crippen LogP contribution in [0.15, 0.2) is 42.5 Å². The number of nitrogens with one attached hydrogen (secondary N) is 2. The lowest BCUT2D eigenvalue weighted by Gasteiger charge is -2.10. The molecule has 26 heavy (non-hydrogen) atoms. The Morgan fingerprint density at radius 1 is 1.23 bits per heavy atom. The number of hydrogen-bond donors (Lipinski definition) is 2. The maximum absolute atomic E-state index is 12.5. The van der Waals surface area contributed by atoms with Crippen LogP contribution in [-0.4, -0.2) is 21.7 Å². The maximum Gasteiger partial charge on any atom is 0.240 e. The summed E-state index contributed by atoms with van der Waals surface area (Å²) >= 11 is 1.71. The first-order valence-electron chi connectivity index (χ1n) is 8.76. The Morgan fingerprint density at radius 3 is 2.96 bits per heavy atom. The van der Waals surface area contributed by atoms with E-state index < -0.39 is 0 Å². The number of benzene rings is 2. The van der Waals surface area contributed by atoms with E-state index in [9.17, 15) is 4.79 Å². The lowest BCUT2D eigenvalue weighted by Crippen LogP contribution is -2.27. The molecule has 6 heteroatoms. The minimum absolute atomic E-state index is 0.00845. The first-order chi connectivity index (χ1) is 12.7. The number of thioether (sulfide) groups is 1. The zero-order valence-corrected chi connectivity index (χ0v) is 15.6. The van der Waals surface area contributed by atoms with E-state index in [1.165, 1.54) is 11.1 Å². The van der Waals surface area contributed by atoms with Crippen LogP contribution in [0.1, 0.15) is 22.5 Å². The van der Waals surface area contributed by atoms with Crippen molar-refractivity contribution in [2.24, 2.45) is 0 Å². The van der Waals surface area contributed by atoms with E-state index in [0.29, 0.717) is 13.1 Å². The largest absolute Gasteiger partial charge is 0.350 e. The van der Waals surface area contributed by atoms with Crippen LogP contribution in [0.25, 0.3) is 11.0 Å². The zero-order valence-electron chi connectivity index (χ0n) is 14.8. The number of nitrogens with zero attached hydrogens (tertiary/aromatic N) is 2. The Kier molecular flexibility index (Phi) is 4.95. The molecule has 1 amide bonds. The number of rotatable bonds is 6. The van der Waals surface area contributed by atoms with Gasteiger partial charge in [0.2, 0.25) is 5.91 Å². The average Bonchev–Trinajstić information content (AvgIpc) is 3.25. The van der Waals surface area contributed by atoms with Gasteiger partial charge in [-0.1, -0.05) is 30.3 Å². The smallest absolute Gasteiger partial charge is 0.240 e. The van der Waals surface area contributed by atoms with E-state index in [1.807, 2.05) is 35.1 Å². The summed E-state index contributed by atoms with van der Waals surface area (Å²) in [5, 5.41) is 6.39. The molecular weight excluding hydrogens is 344 g/mol. The summed E-state index contributed by atoms with van der Waals surface area (Å²) < 4.78 is 2.02. The van der Waals surface area contributed by atoms with Crippen molar-refractivity contribution in [1.29, 1.82) is 0 Å². The van der Waals surface area contributed by atoms with Crippen molar-refractivity contribution < 1.29 is 4.79 Å². The van der Waals surface area contributed by atoms with Gasteiger partial charge in [0, 0.05) is 19.6 Å². The molecule has 0 saturated carbocycles. The minimum atomic E-state index is 0.00845. The van der Waals surface area contributed by atoms with Gasteiger partial charge in [0.25, 0.3) is 0 Å². The lowest BCUT2D eigenvalue weighted by atomic mass is 10.1. The molecule has 134 valence electrons. The molecule has 4 rings (SSSR count). The van der Waals surface area contributed by atoms with Gasteiger partial charge in [0.05, 0.1) is 16.8 Å². The molecule has 2 aromatic carbocycles. The second-order valence-corrected chi connectivity index (χ2v) is 7.39. The number of aromatic nitrogens is 2. The van der Waals surface area contributed by atoms with Crippen LogP contribution in [0.2, 0.25) is 0 Å². The van der Waals surface area contributed by atoms with Gasteiger partial charge in [0.1, 0.15) is 12.4 Å². The molecule has 0 radical (unpaired) electrons. The lowest BCUT2D eigenvalue weighted by molar-refractivity contribution is -0.121. The van der Waals surface area contributed by atoms with E-state index in [2.05, 4.69) is 33.8 Å². The highest BCUT2D eigenvalue weighted by Crippen LogP contribution is 2.19. The SMILES string of the molecule is CSCc1nc2ccccc2n1CC(=O)NCc1ccc2c(c1)CNC2. The van der Waals surface area contributed by atoms with Crippen LogP contribution >= 0.6 is 11.8 Å². The number of carbonyl (C=O) groups is 1. The molecule has 5 nitrogen and oxygen atoms in total. The van der Waals surface area contributed by atoms with Gasteiger partial charge in [-0.2, -0.15) is 11.8 Å². The van der Waals surface area contributed by atoms with Crippen LogP contribution in [0.4, 0.5) is 0 Å². The second kappa shape index (κ2) is 7.51. The van der Waals surface area contributed by atoms with Crippen molar-refractivity contribution >= 4 is 28.7 Å². The Hall–Kier alpha value is -2.31. The molecule has 2 N–H and O–H groups in total. The zero-order chi connectivity index (χ0) is 17.9.